The molecule has 0 aliphatic rings. The minimum absolute atomic E-state index is 0.235. The van der Waals surface area contributed by atoms with Crippen LogP contribution in [0.25, 0.3) is 16.8 Å². The highest BCUT2D eigenvalue weighted by Crippen LogP contribution is 2.32. The number of nitrogens with one attached hydrogen (secondary N) is 1. The summed E-state index contributed by atoms with van der Waals surface area (Å²) in [5, 5.41) is 8.24. The maximum absolute atomic E-state index is 13.0. The maximum atomic E-state index is 13.0. The van der Waals surface area contributed by atoms with E-state index in [4.69, 9.17) is 23.2 Å². The van der Waals surface area contributed by atoms with E-state index in [1.807, 2.05) is 0 Å². The second kappa shape index (κ2) is 8.17. The van der Waals surface area contributed by atoms with Crippen LogP contribution in [-0.2, 0) is 4.79 Å². The van der Waals surface area contributed by atoms with Gasteiger partial charge in [0.2, 0.25) is 11.3 Å². The van der Waals surface area contributed by atoms with Crippen LogP contribution < -0.4 is 10.7 Å². The summed E-state index contributed by atoms with van der Waals surface area (Å²) in [5.41, 5.74) is 1.47. The number of aryl methyl sites for hydroxylation is 1. The first-order chi connectivity index (χ1) is 13.3. The molecule has 0 atom stereocenters. The normalized spacial score (nSPS) is 10.9. The minimum Gasteiger partial charge on any atom is -0.310 e. The first-order valence-electron chi connectivity index (χ1n) is 8.75. The van der Waals surface area contributed by atoms with Crippen molar-refractivity contribution in [2.24, 2.45) is 5.92 Å². The number of nitrogens with zero attached hydrogens (tertiary/aromatic N) is 2. The van der Waals surface area contributed by atoms with E-state index in [1.165, 1.54) is 4.68 Å². The molecular weight excluding hydrogens is 397 g/mol. The largest absolute Gasteiger partial charge is 0.310 e. The molecule has 0 aliphatic carbocycles. The molecule has 1 heterocycles. The molecule has 3 aromatic rings. The Morgan fingerprint density at radius 2 is 1.71 bits per heavy atom. The number of hydrogen-bond donors (Lipinski definition) is 1. The van der Waals surface area contributed by atoms with Crippen molar-refractivity contribution in [1.82, 2.24) is 9.78 Å². The molecule has 1 aromatic heterocycles. The fourth-order valence-corrected chi connectivity index (χ4v) is 3.06. The van der Waals surface area contributed by atoms with E-state index >= 15 is 0 Å². The summed E-state index contributed by atoms with van der Waals surface area (Å²) in [7, 11) is 0. The smallest absolute Gasteiger partial charge is 0.228 e. The Kier molecular flexibility index (Phi) is 5.87. The monoisotopic (exact) mass is 415 g/mol. The lowest BCUT2D eigenvalue weighted by Crippen LogP contribution is -2.27. The first-order valence-corrected chi connectivity index (χ1v) is 9.51. The summed E-state index contributed by atoms with van der Waals surface area (Å²) in [6, 6.07) is 14.0. The number of benzene rings is 2. The van der Waals surface area contributed by atoms with E-state index in [0.717, 1.165) is 0 Å². The van der Waals surface area contributed by atoms with Gasteiger partial charge in [-0.15, -0.1) is 0 Å². The van der Waals surface area contributed by atoms with Gasteiger partial charge in [-0.2, -0.15) is 5.10 Å². The topological polar surface area (TPSA) is 64.0 Å². The minimum atomic E-state index is -0.294. The molecule has 0 saturated heterocycles. The molecule has 5 nitrogen and oxygen atoms in total. The van der Waals surface area contributed by atoms with E-state index < -0.39 is 0 Å². The molecule has 0 bridgehead atoms. The number of amides is 1. The number of anilines is 1. The lowest BCUT2D eigenvalue weighted by Gasteiger charge is -2.19. The van der Waals surface area contributed by atoms with Crippen molar-refractivity contribution in [3.05, 3.63) is 74.5 Å². The van der Waals surface area contributed by atoms with Crippen LogP contribution >= 0.6 is 23.2 Å². The predicted molar refractivity (Wildman–Crippen MR) is 113 cm³/mol. The summed E-state index contributed by atoms with van der Waals surface area (Å²) in [4.78, 5) is 25.5. The second-order valence-electron chi connectivity index (χ2n) is 6.65. The summed E-state index contributed by atoms with van der Waals surface area (Å²) < 4.78 is 1.53. The van der Waals surface area contributed by atoms with E-state index in [-0.39, 0.29) is 28.8 Å². The second-order valence-corrected chi connectivity index (χ2v) is 7.49. The average Bonchev–Trinajstić information content (AvgIpc) is 2.66. The molecule has 0 radical (unpaired) electrons. The fourth-order valence-electron chi connectivity index (χ4n) is 2.70. The molecule has 7 heteroatoms. The van der Waals surface area contributed by atoms with Gasteiger partial charge in [-0.3, -0.25) is 9.59 Å². The number of carbonyl (C=O) groups is 1. The SMILES string of the molecule is Cc1nn(-c2ccc(Cl)cc2)c(NC(=O)C(C)C)c(-c2ccccc2Cl)c1=O. The first kappa shape index (κ1) is 20.1. The Bertz CT molecular complexity index is 1090. The third-order valence-electron chi connectivity index (χ3n) is 4.23. The Morgan fingerprint density at radius 1 is 1.07 bits per heavy atom. The fraction of sp³-hybridized carbons (Fsp3) is 0.190. The van der Waals surface area contributed by atoms with Crippen molar-refractivity contribution in [3.63, 3.8) is 0 Å². The van der Waals surface area contributed by atoms with Crippen LogP contribution in [0.5, 0.6) is 0 Å². The molecule has 0 unspecified atom stereocenters. The summed E-state index contributed by atoms with van der Waals surface area (Å²) in [6.07, 6.45) is 0. The highest BCUT2D eigenvalue weighted by atomic mass is 35.5. The quantitative estimate of drug-likeness (QED) is 0.643. The van der Waals surface area contributed by atoms with Gasteiger partial charge in [-0.1, -0.05) is 55.2 Å². The maximum Gasteiger partial charge on any atom is 0.228 e. The Morgan fingerprint density at radius 3 is 2.32 bits per heavy atom. The van der Waals surface area contributed by atoms with Crippen molar-refractivity contribution in [2.75, 3.05) is 5.32 Å². The molecule has 0 spiro atoms. The van der Waals surface area contributed by atoms with E-state index in [2.05, 4.69) is 10.4 Å². The zero-order valence-electron chi connectivity index (χ0n) is 15.7. The zero-order valence-corrected chi connectivity index (χ0v) is 17.2. The third-order valence-corrected chi connectivity index (χ3v) is 4.82. The molecule has 144 valence electrons. The number of hydrogen-bond acceptors (Lipinski definition) is 3. The van der Waals surface area contributed by atoms with Crippen LogP contribution in [0.1, 0.15) is 19.5 Å². The molecule has 1 amide bonds. The van der Waals surface area contributed by atoms with Crippen LogP contribution in [0, 0.1) is 12.8 Å². The summed E-state index contributed by atoms with van der Waals surface area (Å²) in [5.74, 6) is -0.250. The van der Waals surface area contributed by atoms with Crippen LogP contribution in [0.4, 0.5) is 5.82 Å². The van der Waals surface area contributed by atoms with Crippen LogP contribution in [-0.4, -0.2) is 15.7 Å². The van der Waals surface area contributed by atoms with Crippen LogP contribution in [0.2, 0.25) is 10.0 Å². The predicted octanol–water partition coefficient (Wildman–Crippen LogP) is 5.11. The third kappa shape index (κ3) is 3.96. The van der Waals surface area contributed by atoms with Crippen molar-refractivity contribution >= 4 is 34.9 Å². The van der Waals surface area contributed by atoms with E-state index in [1.54, 1.807) is 69.3 Å². The van der Waals surface area contributed by atoms with Gasteiger partial charge in [0.25, 0.3) is 0 Å². The van der Waals surface area contributed by atoms with Gasteiger partial charge >= 0.3 is 0 Å². The highest BCUT2D eigenvalue weighted by molar-refractivity contribution is 6.33. The average molecular weight is 416 g/mol. The number of carbonyl (C=O) groups excluding carboxylic acids is 1. The van der Waals surface area contributed by atoms with Crippen LogP contribution in [0.15, 0.2) is 53.3 Å². The molecule has 2 aromatic carbocycles. The summed E-state index contributed by atoms with van der Waals surface area (Å²) >= 11 is 12.4. The van der Waals surface area contributed by atoms with Gasteiger partial charge < -0.3 is 5.32 Å². The van der Waals surface area contributed by atoms with Crippen LogP contribution in [0.3, 0.4) is 0 Å². The molecule has 28 heavy (non-hydrogen) atoms. The van der Waals surface area contributed by atoms with Gasteiger partial charge in [-0.05, 0) is 37.3 Å². The number of aromatic nitrogens is 2. The van der Waals surface area contributed by atoms with Gasteiger partial charge in [0.05, 0.1) is 11.3 Å². The number of rotatable bonds is 4. The molecule has 0 fully saturated rings. The van der Waals surface area contributed by atoms with Crippen molar-refractivity contribution in [1.29, 1.82) is 0 Å². The van der Waals surface area contributed by atoms with Crippen molar-refractivity contribution in [3.8, 4) is 16.8 Å². The summed E-state index contributed by atoms with van der Waals surface area (Å²) in [6.45, 7) is 5.18. The molecule has 1 N–H and O–H groups in total. The van der Waals surface area contributed by atoms with Gasteiger partial charge in [0.15, 0.2) is 0 Å². The lowest BCUT2D eigenvalue weighted by atomic mass is 10.0. The zero-order chi connectivity index (χ0) is 20.4. The van der Waals surface area contributed by atoms with Gasteiger partial charge in [-0.25, -0.2) is 4.68 Å². The standard InChI is InChI=1S/C21H19Cl2N3O2/c1-12(2)21(28)24-20-18(16-6-4-5-7-17(16)23)19(27)13(3)25-26(20)15-10-8-14(22)9-11-15/h4-12H,1-3H3,(H,24,28). The van der Waals surface area contributed by atoms with E-state index in [9.17, 15) is 9.59 Å². The molecule has 3 rings (SSSR count). The van der Waals surface area contributed by atoms with Crippen molar-refractivity contribution in [2.45, 2.75) is 20.8 Å². The van der Waals surface area contributed by atoms with E-state index in [0.29, 0.717) is 26.9 Å². The van der Waals surface area contributed by atoms with Gasteiger partial charge in [0, 0.05) is 21.5 Å². The van der Waals surface area contributed by atoms with Crippen molar-refractivity contribution < 1.29 is 4.79 Å². The highest BCUT2D eigenvalue weighted by Gasteiger charge is 2.22. The number of halogens is 2. The van der Waals surface area contributed by atoms with Gasteiger partial charge in [0.1, 0.15) is 11.5 Å². The molecular formula is C21H19Cl2N3O2. The molecule has 0 saturated carbocycles. The lowest BCUT2D eigenvalue weighted by molar-refractivity contribution is -0.118. The molecule has 0 aliphatic heterocycles. The Balaban J connectivity index is 2.37. The Hall–Kier alpha value is -2.63. The Labute approximate surface area is 172 Å².